The van der Waals surface area contributed by atoms with Gasteiger partial charge < -0.3 is 9.80 Å². The molecule has 1 aliphatic rings. The van der Waals surface area contributed by atoms with E-state index in [1.54, 1.807) is 6.07 Å². The van der Waals surface area contributed by atoms with Gasteiger partial charge in [-0.15, -0.1) is 0 Å². The van der Waals surface area contributed by atoms with Gasteiger partial charge in [-0.1, -0.05) is 6.07 Å². The van der Waals surface area contributed by atoms with Crippen molar-refractivity contribution in [1.29, 1.82) is 10.5 Å². The molecule has 1 heterocycles. The van der Waals surface area contributed by atoms with Crippen LogP contribution in [0, 0.1) is 43.4 Å². The molecule has 3 rings (SSSR count). The molecule has 0 amide bonds. The molecule has 0 saturated carbocycles. The standard InChI is InChI=1S/C20H20N4/c1-12-8-13(2)14(3)19(9-12)24-15(4)23(5)18-7-6-16(10-21)17(11-22)20(18)24/h6-9,15H,1-5H3/t15-/m0/s1. The molecule has 24 heavy (non-hydrogen) atoms. The highest BCUT2D eigenvalue weighted by atomic mass is 15.4. The van der Waals surface area contributed by atoms with Crippen LogP contribution in [0.25, 0.3) is 0 Å². The second-order valence-electron chi connectivity index (χ2n) is 6.42. The van der Waals surface area contributed by atoms with Crippen molar-refractivity contribution in [2.24, 2.45) is 0 Å². The fraction of sp³-hybridized carbons (Fsp3) is 0.300. The van der Waals surface area contributed by atoms with Crippen LogP contribution in [0.2, 0.25) is 0 Å². The quantitative estimate of drug-likeness (QED) is 0.787. The fourth-order valence-electron chi connectivity index (χ4n) is 3.47. The molecule has 0 bridgehead atoms. The van der Waals surface area contributed by atoms with E-state index < -0.39 is 0 Å². The molecule has 0 radical (unpaired) electrons. The number of fused-ring (bicyclic) bond motifs is 1. The number of hydrogen-bond acceptors (Lipinski definition) is 4. The van der Waals surface area contributed by atoms with Gasteiger partial charge in [0.2, 0.25) is 0 Å². The molecular formula is C20H20N4. The molecule has 0 N–H and O–H groups in total. The van der Waals surface area contributed by atoms with E-state index in [4.69, 9.17) is 0 Å². The number of rotatable bonds is 1. The third kappa shape index (κ3) is 2.12. The maximum Gasteiger partial charge on any atom is 0.103 e. The largest absolute Gasteiger partial charge is 0.352 e. The van der Waals surface area contributed by atoms with Gasteiger partial charge in [-0.3, -0.25) is 0 Å². The van der Waals surface area contributed by atoms with Crippen molar-refractivity contribution in [1.82, 2.24) is 0 Å². The molecule has 0 aliphatic carbocycles. The van der Waals surface area contributed by atoms with Crippen LogP contribution >= 0.6 is 0 Å². The van der Waals surface area contributed by atoms with Crippen LogP contribution in [0.15, 0.2) is 24.3 Å². The number of benzene rings is 2. The van der Waals surface area contributed by atoms with Gasteiger partial charge in [-0.25, -0.2) is 0 Å². The van der Waals surface area contributed by atoms with E-state index in [0.29, 0.717) is 11.1 Å². The van der Waals surface area contributed by atoms with Crippen LogP contribution < -0.4 is 9.80 Å². The van der Waals surface area contributed by atoms with Gasteiger partial charge in [0.05, 0.1) is 22.5 Å². The lowest BCUT2D eigenvalue weighted by Gasteiger charge is -2.30. The van der Waals surface area contributed by atoms with Crippen LogP contribution in [0.3, 0.4) is 0 Å². The van der Waals surface area contributed by atoms with E-state index >= 15 is 0 Å². The molecule has 0 unspecified atom stereocenters. The Morgan fingerprint density at radius 3 is 2.33 bits per heavy atom. The predicted octanol–water partition coefficient (Wildman–Crippen LogP) is 4.29. The maximum atomic E-state index is 9.68. The fourth-order valence-corrected chi connectivity index (χ4v) is 3.47. The molecule has 120 valence electrons. The van der Waals surface area contributed by atoms with E-state index in [2.05, 4.69) is 61.8 Å². The average Bonchev–Trinajstić information content (AvgIpc) is 2.81. The molecule has 0 saturated heterocycles. The van der Waals surface area contributed by atoms with E-state index in [-0.39, 0.29) is 6.17 Å². The van der Waals surface area contributed by atoms with Gasteiger partial charge in [-0.2, -0.15) is 10.5 Å². The molecule has 0 fully saturated rings. The molecule has 1 aliphatic heterocycles. The van der Waals surface area contributed by atoms with Crippen LogP contribution in [0.1, 0.15) is 34.7 Å². The van der Waals surface area contributed by atoms with Crippen LogP contribution in [0.4, 0.5) is 17.1 Å². The number of nitrogens with zero attached hydrogens (tertiary/aromatic N) is 4. The Hall–Kier alpha value is -2.98. The van der Waals surface area contributed by atoms with E-state index in [0.717, 1.165) is 17.1 Å². The van der Waals surface area contributed by atoms with Crippen molar-refractivity contribution in [3.05, 3.63) is 52.1 Å². The summed E-state index contributed by atoms with van der Waals surface area (Å²) in [6.07, 6.45) is 0.0703. The first-order valence-corrected chi connectivity index (χ1v) is 7.97. The van der Waals surface area contributed by atoms with Gasteiger partial charge in [0.15, 0.2) is 0 Å². The minimum atomic E-state index is 0.0703. The zero-order valence-corrected chi connectivity index (χ0v) is 14.7. The Labute approximate surface area is 143 Å². The lowest BCUT2D eigenvalue weighted by Crippen LogP contribution is -2.36. The summed E-state index contributed by atoms with van der Waals surface area (Å²) in [6.45, 7) is 8.41. The summed E-state index contributed by atoms with van der Waals surface area (Å²) in [5, 5.41) is 19.1. The summed E-state index contributed by atoms with van der Waals surface area (Å²) >= 11 is 0. The molecule has 2 aromatic carbocycles. The first kappa shape index (κ1) is 15.9. The zero-order chi connectivity index (χ0) is 17.6. The minimum Gasteiger partial charge on any atom is -0.352 e. The summed E-state index contributed by atoms with van der Waals surface area (Å²) < 4.78 is 0. The zero-order valence-electron chi connectivity index (χ0n) is 14.7. The van der Waals surface area contributed by atoms with Gasteiger partial charge in [0, 0.05) is 12.7 Å². The average molecular weight is 316 g/mol. The third-order valence-corrected chi connectivity index (χ3v) is 4.99. The smallest absolute Gasteiger partial charge is 0.103 e. The Balaban J connectivity index is 2.35. The van der Waals surface area contributed by atoms with Gasteiger partial charge in [0.1, 0.15) is 18.3 Å². The Morgan fingerprint density at radius 1 is 1.00 bits per heavy atom. The normalized spacial score (nSPS) is 15.9. The van der Waals surface area contributed by atoms with Crippen molar-refractivity contribution in [3.8, 4) is 12.1 Å². The van der Waals surface area contributed by atoms with Gasteiger partial charge in [0.25, 0.3) is 0 Å². The summed E-state index contributed by atoms with van der Waals surface area (Å²) in [6, 6.07) is 12.4. The lowest BCUT2D eigenvalue weighted by molar-refractivity contribution is 0.732. The Kier molecular flexibility index (Phi) is 3.70. The topological polar surface area (TPSA) is 54.1 Å². The summed E-state index contributed by atoms with van der Waals surface area (Å²) in [5.74, 6) is 0. The molecule has 4 nitrogen and oxygen atoms in total. The summed E-state index contributed by atoms with van der Waals surface area (Å²) in [7, 11) is 2.02. The van der Waals surface area contributed by atoms with Gasteiger partial charge >= 0.3 is 0 Å². The van der Waals surface area contributed by atoms with E-state index in [9.17, 15) is 10.5 Å². The van der Waals surface area contributed by atoms with Crippen molar-refractivity contribution < 1.29 is 0 Å². The summed E-state index contributed by atoms with van der Waals surface area (Å²) in [4.78, 5) is 4.33. The second-order valence-corrected chi connectivity index (χ2v) is 6.42. The van der Waals surface area contributed by atoms with Gasteiger partial charge in [-0.05, 0) is 62.6 Å². The second kappa shape index (κ2) is 5.58. The number of hydrogen-bond donors (Lipinski definition) is 0. The monoisotopic (exact) mass is 316 g/mol. The lowest BCUT2D eigenvalue weighted by atomic mass is 10.0. The molecule has 0 spiro atoms. The van der Waals surface area contributed by atoms with Crippen molar-refractivity contribution in [2.45, 2.75) is 33.9 Å². The predicted molar refractivity (Wildman–Crippen MR) is 96.5 cm³/mol. The van der Waals surface area contributed by atoms with Crippen LogP contribution in [0.5, 0.6) is 0 Å². The van der Waals surface area contributed by atoms with Crippen LogP contribution in [-0.4, -0.2) is 13.2 Å². The van der Waals surface area contributed by atoms with Crippen molar-refractivity contribution in [2.75, 3.05) is 16.8 Å². The first-order chi connectivity index (χ1) is 11.4. The third-order valence-electron chi connectivity index (χ3n) is 4.99. The van der Waals surface area contributed by atoms with Crippen LogP contribution in [-0.2, 0) is 0 Å². The number of nitriles is 2. The molecule has 0 aromatic heterocycles. The molecular weight excluding hydrogens is 296 g/mol. The first-order valence-electron chi connectivity index (χ1n) is 7.97. The van der Waals surface area contributed by atoms with E-state index in [1.807, 2.05) is 13.1 Å². The van der Waals surface area contributed by atoms with Crippen molar-refractivity contribution in [3.63, 3.8) is 0 Å². The molecule has 1 atom stereocenters. The number of anilines is 3. The minimum absolute atomic E-state index is 0.0703. The highest BCUT2D eigenvalue weighted by molar-refractivity contribution is 5.90. The SMILES string of the molecule is Cc1cc(C)c(C)c(N2c3c(ccc(C#N)c3C#N)N(C)[C@@H]2C)c1. The van der Waals surface area contributed by atoms with E-state index in [1.165, 1.54) is 16.7 Å². The summed E-state index contributed by atoms with van der Waals surface area (Å²) in [5.41, 5.74) is 7.39. The Morgan fingerprint density at radius 2 is 1.71 bits per heavy atom. The highest BCUT2D eigenvalue weighted by Gasteiger charge is 2.35. The number of aryl methyl sites for hydroxylation is 2. The molecule has 2 aromatic rings. The Bertz CT molecular complexity index is 915. The maximum absolute atomic E-state index is 9.68. The van der Waals surface area contributed by atoms with Crippen molar-refractivity contribution >= 4 is 17.1 Å². The molecule has 4 heteroatoms. The highest BCUT2D eigenvalue weighted by Crippen LogP contribution is 2.47.